The van der Waals surface area contributed by atoms with Crippen LogP contribution in [0.3, 0.4) is 0 Å². The van der Waals surface area contributed by atoms with Crippen molar-refractivity contribution in [1.29, 1.82) is 0 Å². The van der Waals surface area contributed by atoms with Crippen LogP contribution in [0.25, 0.3) is 0 Å². The molecule has 0 aliphatic carbocycles. The van der Waals surface area contributed by atoms with Gasteiger partial charge < -0.3 is 11.1 Å². The van der Waals surface area contributed by atoms with Crippen molar-refractivity contribution in [3.8, 4) is 0 Å². The van der Waals surface area contributed by atoms with E-state index >= 15 is 0 Å². The van der Waals surface area contributed by atoms with Gasteiger partial charge in [0.2, 0.25) is 0 Å². The summed E-state index contributed by atoms with van der Waals surface area (Å²) in [7, 11) is 0. The van der Waals surface area contributed by atoms with Crippen LogP contribution in [0.4, 0.5) is 19.0 Å². The Morgan fingerprint density at radius 3 is 2.45 bits per heavy atom. The van der Waals surface area contributed by atoms with Crippen molar-refractivity contribution in [3.05, 3.63) is 40.9 Å². The molecular weight excluding hydrogens is 297 g/mol. The van der Waals surface area contributed by atoms with E-state index in [1.807, 2.05) is 0 Å². The van der Waals surface area contributed by atoms with E-state index in [2.05, 4.69) is 25.3 Å². The second-order valence-corrected chi connectivity index (χ2v) is 4.66. The molecule has 2 rings (SSSR count). The molecule has 0 unspecified atom stereocenters. The van der Waals surface area contributed by atoms with E-state index in [1.165, 1.54) is 6.92 Å². The zero-order valence-electron chi connectivity index (χ0n) is 12.1. The van der Waals surface area contributed by atoms with Crippen LogP contribution < -0.4 is 11.1 Å². The maximum atomic E-state index is 12.7. The molecule has 0 aliphatic heterocycles. The molecule has 0 saturated heterocycles. The Labute approximate surface area is 125 Å². The molecule has 3 N–H and O–H groups in total. The normalized spacial score (nSPS) is 11.5. The minimum atomic E-state index is -4.50. The first kappa shape index (κ1) is 16.1. The predicted molar refractivity (Wildman–Crippen MR) is 73.8 cm³/mol. The van der Waals surface area contributed by atoms with Gasteiger partial charge in [-0.05, 0) is 19.9 Å². The van der Waals surface area contributed by atoms with Crippen LogP contribution in [0.15, 0.2) is 12.1 Å². The molecule has 0 amide bonds. The molecule has 2 aromatic rings. The van der Waals surface area contributed by atoms with E-state index < -0.39 is 11.9 Å². The summed E-state index contributed by atoms with van der Waals surface area (Å²) < 4.78 is 38.2. The minimum absolute atomic E-state index is 0.0191. The van der Waals surface area contributed by atoms with E-state index in [-0.39, 0.29) is 24.6 Å². The highest BCUT2D eigenvalue weighted by Crippen LogP contribution is 2.27. The zero-order valence-corrected chi connectivity index (χ0v) is 12.1. The number of alkyl halides is 3. The fourth-order valence-corrected chi connectivity index (χ4v) is 1.85. The molecule has 0 atom stereocenters. The molecule has 2 aromatic heterocycles. The van der Waals surface area contributed by atoms with Gasteiger partial charge >= 0.3 is 6.18 Å². The monoisotopic (exact) mass is 312 g/mol. The smallest absolute Gasteiger partial charge is 0.363 e. The summed E-state index contributed by atoms with van der Waals surface area (Å²) in [5, 5.41) is 2.88. The Kier molecular flexibility index (Phi) is 4.55. The first-order chi connectivity index (χ1) is 10.3. The van der Waals surface area contributed by atoms with Crippen LogP contribution >= 0.6 is 0 Å². The number of halogens is 3. The summed E-state index contributed by atoms with van der Waals surface area (Å²) in [4.78, 5) is 15.8. The van der Waals surface area contributed by atoms with E-state index in [0.717, 1.165) is 6.07 Å². The SMILES string of the molecule is Cc1cc(C(F)(F)F)nc(CNc2cc(CN)nc(C)n2)n1. The highest BCUT2D eigenvalue weighted by atomic mass is 19.4. The number of nitrogens with one attached hydrogen (secondary N) is 1. The Hall–Kier alpha value is -2.29. The maximum Gasteiger partial charge on any atom is 0.433 e. The molecule has 2 heterocycles. The fraction of sp³-hybridized carbons (Fsp3) is 0.385. The second kappa shape index (κ2) is 6.22. The quantitative estimate of drug-likeness (QED) is 0.897. The molecule has 9 heteroatoms. The highest BCUT2D eigenvalue weighted by Gasteiger charge is 2.33. The number of hydrogen-bond donors (Lipinski definition) is 2. The van der Waals surface area contributed by atoms with Crippen molar-refractivity contribution >= 4 is 5.82 Å². The van der Waals surface area contributed by atoms with Gasteiger partial charge in [0.1, 0.15) is 23.2 Å². The van der Waals surface area contributed by atoms with Gasteiger partial charge in [-0.3, -0.25) is 0 Å². The highest BCUT2D eigenvalue weighted by molar-refractivity contribution is 5.36. The Bertz CT molecular complexity index is 671. The lowest BCUT2D eigenvalue weighted by Gasteiger charge is -2.10. The molecule has 0 spiro atoms. The number of anilines is 1. The Balaban J connectivity index is 2.18. The third-order valence-electron chi connectivity index (χ3n) is 2.72. The molecule has 6 nitrogen and oxygen atoms in total. The van der Waals surface area contributed by atoms with Crippen molar-refractivity contribution in [2.24, 2.45) is 5.73 Å². The molecule has 0 fully saturated rings. The largest absolute Gasteiger partial charge is 0.433 e. The Morgan fingerprint density at radius 2 is 1.82 bits per heavy atom. The molecule has 0 aromatic carbocycles. The average molecular weight is 312 g/mol. The summed E-state index contributed by atoms with van der Waals surface area (Å²) in [6.45, 7) is 3.46. The van der Waals surface area contributed by atoms with E-state index in [0.29, 0.717) is 17.3 Å². The molecular formula is C13H15F3N6. The van der Waals surface area contributed by atoms with E-state index in [4.69, 9.17) is 5.73 Å². The standard InChI is InChI=1S/C13H15F3N6/c1-7-3-10(13(14,15)16)22-12(19-7)6-18-11-4-9(5-17)20-8(2)21-11/h3-4H,5-6,17H2,1-2H3,(H,18,20,21). The van der Waals surface area contributed by atoms with Crippen molar-refractivity contribution < 1.29 is 13.2 Å². The number of nitrogens with two attached hydrogens (primary N) is 1. The third-order valence-corrected chi connectivity index (χ3v) is 2.72. The van der Waals surface area contributed by atoms with Crippen molar-refractivity contribution in [1.82, 2.24) is 19.9 Å². The van der Waals surface area contributed by atoms with Gasteiger partial charge in [-0.1, -0.05) is 0 Å². The van der Waals surface area contributed by atoms with Crippen LogP contribution in [0.1, 0.15) is 28.7 Å². The van der Waals surface area contributed by atoms with Gasteiger partial charge in [0.15, 0.2) is 0 Å². The first-order valence-corrected chi connectivity index (χ1v) is 6.48. The van der Waals surface area contributed by atoms with Crippen LogP contribution in [0, 0.1) is 13.8 Å². The Morgan fingerprint density at radius 1 is 1.09 bits per heavy atom. The first-order valence-electron chi connectivity index (χ1n) is 6.48. The molecule has 0 saturated carbocycles. The molecule has 0 bridgehead atoms. The molecule has 118 valence electrons. The summed E-state index contributed by atoms with van der Waals surface area (Å²) in [6.07, 6.45) is -4.50. The topological polar surface area (TPSA) is 89.6 Å². The van der Waals surface area contributed by atoms with Gasteiger partial charge in [0.25, 0.3) is 0 Å². The fourth-order valence-electron chi connectivity index (χ4n) is 1.85. The number of nitrogens with zero attached hydrogens (tertiary/aromatic N) is 4. The van der Waals surface area contributed by atoms with Gasteiger partial charge in [-0.15, -0.1) is 0 Å². The van der Waals surface area contributed by atoms with Crippen LogP contribution in [-0.2, 0) is 19.3 Å². The van der Waals surface area contributed by atoms with Crippen molar-refractivity contribution in [3.63, 3.8) is 0 Å². The van der Waals surface area contributed by atoms with Gasteiger partial charge in [-0.2, -0.15) is 13.2 Å². The van der Waals surface area contributed by atoms with Gasteiger partial charge in [0.05, 0.1) is 12.2 Å². The zero-order chi connectivity index (χ0) is 16.3. The molecule has 0 aliphatic rings. The predicted octanol–water partition coefficient (Wildman–Crippen LogP) is 1.97. The number of rotatable bonds is 4. The maximum absolute atomic E-state index is 12.7. The van der Waals surface area contributed by atoms with E-state index in [1.54, 1.807) is 13.0 Å². The number of aromatic nitrogens is 4. The number of hydrogen-bond acceptors (Lipinski definition) is 6. The summed E-state index contributed by atoms with van der Waals surface area (Å²) >= 11 is 0. The summed E-state index contributed by atoms with van der Waals surface area (Å²) in [5.41, 5.74) is 5.44. The lowest BCUT2D eigenvalue weighted by molar-refractivity contribution is -0.141. The number of aryl methyl sites for hydroxylation is 2. The summed E-state index contributed by atoms with van der Waals surface area (Å²) in [5.74, 6) is 1.02. The molecule has 0 radical (unpaired) electrons. The van der Waals surface area contributed by atoms with E-state index in [9.17, 15) is 13.2 Å². The lowest BCUT2D eigenvalue weighted by Crippen LogP contribution is -2.14. The minimum Gasteiger partial charge on any atom is -0.363 e. The lowest BCUT2D eigenvalue weighted by atomic mass is 10.3. The summed E-state index contributed by atoms with van der Waals surface area (Å²) in [6, 6.07) is 2.54. The van der Waals surface area contributed by atoms with Crippen LogP contribution in [0.2, 0.25) is 0 Å². The van der Waals surface area contributed by atoms with Crippen LogP contribution in [0.5, 0.6) is 0 Å². The van der Waals surface area contributed by atoms with Gasteiger partial charge in [-0.25, -0.2) is 19.9 Å². The third kappa shape index (κ3) is 4.10. The van der Waals surface area contributed by atoms with Gasteiger partial charge in [0, 0.05) is 18.3 Å². The second-order valence-electron chi connectivity index (χ2n) is 4.66. The average Bonchev–Trinajstić information content (AvgIpc) is 2.43. The molecule has 22 heavy (non-hydrogen) atoms. The van der Waals surface area contributed by atoms with Crippen molar-refractivity contribution in [2.75, 3.05) is 5.32 Å². The van der Waals surface area contributed by atoms with Crippen LogP contribution in [-0.4, -0.2) is 19.9 Å². The van der Waals surface area contributed by atoms with Crippen molar-refractivity contribution in [2.45, 2.75) is 33.1 Å².